The summed E-state index contributed by atoms with van der Waals surface area (Å²) >= 11 is 0. The average molecular weight is 160 g/mol. The Morgan fingerprint density at radius 2 is 2.18 bits per heavy atom. The maximum Gasteiger partial charge on any atom is 0.365 e. The van der Waals surface area contributed by atoms with Gasteiger partial charge in [-0.05, 0) is 13.8 Å². The summed E-state index contributed by atoms with van der Waals surface area (Å²) in [6.07, 6.45) is 2.27. The maximum atomic E-state index is 10.6. The first-order valence-corrected chi connectivity index (χ1v) is 3.23. The zero-order chi connectivity index (χ0) is 8.69. The molecule has 0 saturated heterocycles. The zero-order valence-corrected chi connectivity index (χ0v) is 6.87. The van der Waals surface area contributed by atoms with Crippen LogP contribution in [0.4, 0.5) is 0 Å². The summed E-state index contributed by atoms with van der Waals surface area (Å²) < 4.78 is 4.66. The van der Waals surface area contributed by atoms with Crippen molar-refractivity contribution in [2.45, 2.75) is 20.1 Å². The van der Waals surface area contributed by atoms with Gasteiger partial charge < -0.3 is 4.74 Å². The molecule has 0 saturated carbocycles. The number of hydrogen-bond donors (Lipinski definition) is 0. The predicted octanol–water partition coefficient (Wildman–Crippen LogP) is 1.03. The highest BCUT2D eigenvalue weighted by atomic mass is 17.2. The van der Waals surface area contributed by atoms with E-state index in [1.54, 1.807) is 19.9 Å². The van der Waals surface area contributed by atoms with Crippen molar-refractivity contribution in [2.24, 2.45) is 0 Å². The SMILES string of the molecule is C/C=C/C(=O)OOC(C)OC. The second-order valence-electron chi connectivity index (χ2n) is 1.80. The van der Waals surface area contributed by atoms with Crippen LogP contribution in [0.1, 0.15) is 13.8 Å². The molecule has 0 aromatic rings. The van der Waals surface area contributed by atoms with E-state index in [0.717, 1.165) is 0 Å². The number of rotatable bonds is 4. The van der Waals surface area contributed by atoms with E-state index in [1.165, 1.54) is 13.2 Å². The molecule has 11 heavy (non-hydrogen) atoms. The number of allylic oxidation sites excluding steroid dienone is 1. The molecule has 64 valence electrons. The van der Waals surface area contributed by atoms with Crippen LogP contribution >= 0.6 is 0 Å². The van der Waals surface area contributed by atoms with Crippen molar-refractivity contribution in [3.8, 4) is 0 Å². The fourth-order valence-corrected chi connectivity index (χ4v) is 0.318. The Bertz CT molecular complexity index is 141. The number of carbonyl (C=O) groups excluding carboxylic acids is 1. The highest BCUT2D eigenvalue weighted by Crippen LogP contribution is 1.92. The van der Waals surface area contributed by atoms with E-state index in [1.807, 2.05) is 0 Å². The van der Waals surface area contributed by atoms with Crippen LogP contribution in [0, 0.1) is 0 Å². The Morgan fingerprint density at radius 1 is 1.55 bits per heavy atom. The molecule has 0 fully saturated rings. The van der Waals surface area contributed by atoms with E-state index < -0.39 is 12.3 Å². The van der Waals surface area contributed by atoms with Crippen molar-refractivity contribution in [3.05, 3.63) is 12.2 Å². The topological polar surface area (TPSA) is 44.8 Å². The highest BCUT2D eigenvalue weighted by molar-refractivity contribution is 5.81. The second kappa shape index (κ2) is 5.88. The van der Waals surface area contributed by atoms with Crippen LogP contribution in [-0.2, 0) is 19.3 Å². The third kappa shape index (κ3) is 5.57. The molecule has 0 aliphatic heterocycles. The van der Waals surface area contributed by atoms with Gasteiger partial charge in [-0.3, -0.25) is 4.89 Å². The lowest BCUT2D eigenvalue weighted by atomic mass is 10.5. The lowest BCUT2D eigenvalue weighted by molar-refractivity contribution is -0.339. The monoisotopic (exact) mass is 160 g/mol. The Morgan fingerprint density at radius 3 is 2.64 bits per heavy atom. The quantitative estimate of drug-likeness (QED) is 0.266. The summed E-state index contributed by atoms with van der Waals surface area (Å²) in [7, 11) is 1.45. The van der Waals surface area contributed by atoms with Crippen LogP contribution in [0.5, 0.6) is 0 Å². The van der Waals surface area contributed by atoms with Gasteiger partial charge in [-0.2, -0.15) is 4.89 Å². The van der Waals surface area contributed by atoms with Gasteiger partial charge in [0.1, 0.15) is 0 Å². The smallest absolute Gasteiger partial charge is 0.352 e. The van der Waals surface area contributed by atoms with Crippen molar-refractivity contribution in [1.29, 1.82) is 0 Å². The molecule has 0 amide bonds. The van der Waals surface area contributed by atoms with Gasteiger partial charge in [-0.25, -0.2) is 4.79 Å². The fourth-order valence-electron chi connectivity index (χ4n) is 0.318. The van der Waals surface area contributed by atoms with E-state index in [4.69, 9.17) is 0 Å². The molecule has 0 aliphatic rings. The van der Waals surface area contributed by atoms with Crippen LogP contribution in [0.25, 0.3) is 0 Å². The van der Waals surface area contributed by atoms with Gasteiger partial charge in [-0.15, -0.1) is 0 Å². The van der Waals surface area contributed by atoms with Crippen molar-refractivity contribution in [2.75, 3.05) is 7.11 Å². The molecule has 4 heteroatoms. The average Bonchev–Trinajstić information content (AvgIpc) is 2.01. The number of methoxy groups -OCH3 is 1. The van der Waals surface area contributed by atoms with E-state index in [-0.39, 0.29) is 0 Å². The van der Waals surface area contributed by atoms with Gasteiger partial charge in [0, 0.05) is 13.2 Å². The lowest BCUT2D eigenvalue weighted by Crippen LogP contribution is -2.13. The minimum atomic E-state index is -0.545. The van der Waals surface area contributed by atoms with Crippen molar-refractivity contribution >= 4 is 5.97 Å². The molecule has 0 rings (SSSR count). The molecular weight excluding hydrogens is 148 g/mol. The first-order chi connectivity index (χ1) is 5.20. The molecule has 1 atom stereocenters. The lowest BCUT2D eigenvalue weighted by Gasteiger charge is -2.06. The Balaban J connectivity index is 3.45. The van der Waals surface area contributed by atoms with Gasteiger partial charge >= 0.3 is 5.97 Å². The van der Waals surface area contributed by atoms with E-state index in [2.05, 4.69) is 14.5 Å². The molecule has 0 spiro atoms. The van der Waals surface area contributed by atoms with Gasteiger partial charge in [-0.1, -0.05) is 6.08 Å². The molecule has 1 unspecified atom stereocenters. The van der Waals surface area contributed by atoms with Crippen molar-refractivity contribution in [3.63, 3.8) is 0 Å². The van der Waals surface area contributed by atoms with E-state index >= 15 is 0 Å². The summed E-state index contributed by atoms with van der Waals surface area (Å²) in [5.41, 5.74) is 0. The van der Waals surface area contributed by atoms with Gasteiger partial charge in [0.2, 0.25) is 0 Å². The number of carbonyl (C=O) groups is 1. The summed E-state index contributed by atoms with van der Waals surface area (Å²) in [6.45, 7) is 3.32. The van der Waals surface area contributed by atoms with Crippen LogP contribution in [0.3, 0.4) is 0 Å². The third-order valence-corrected chi connectivity index (χ3v) is 0.900. The molecule has 0 heterocycles. The maximum absolute atomic E-state index is 10.6. The zero-order valence-electron chi connectivity index (χ0n) is 6.87. The second-order valence-corrected chi connectivity index (χ2v) is 1.80. The molecule has 0 aromatic heterocycles. The van der Waals surface area contributed by atoms with Crippen molar-refractivity contribution in [1.82, 2.24) is 0 Å². The summed E-state index contributed by atoms with van der Waals surface area (Å²) in [4.78, 5) is 19.3. The Kier molecular flexibility index (Phi) is 5.42. The van der Waals surface area contributed by atoms with Crippen LogP contribution < -0.4 is 0 Å². The molecule has 0 bridgehead atoms. The minimum absolute atomic E-state index is 0.538. The molecule has 0 radical (unpaired) electrons. The van der Waals surface area contributed by atoms with E-state index in [9.17, 15) is 4.79 Å². The molecule has 4 nitrogen and oxygen atoms in total. The third-order valence-electron chi connectivity index (χ3n) is 0.900. The molecule has 0 aliphatic carbocycles. The number of hydrogen-bond acceptors (Lipinski definition) is 4. The normalized spacial score (nSPS) is 13.4. The molecular formula is C7H12O4. The molecule has 0 aromatic carbocycles. The number of ether oxygens (including phenoxy) is 1. The van der Waals surface area contributed by atoms with Crippen LogP contribution in [0.15, 0.2) is 12.2 Å². The summed E-state index contributed by atoms with van der Waals surface area (Å²) in [6, 6.07) is 0. The van der Waals surface area contributed by atoms with E-state index in [0.29, 0.717) is 0 Å². The van der Waals surface area contributed by atoms with Crippen molar-refractivity contribution < 1.29 is 19.3 Å². The first kappa shape index (κ1) is 10.1. The largest absolute Gasteiger partial charge is 0.365 e. The van der Waals surface area contributed by atoms with Gasteiger partial charge in [0.05, 0.1) is 0 Å². The summed E-state index contributed by atoms with van der Waals surface area (Å²) in [5.74, 6) is -0.545. The highest BCUT2D eigenvalue weighted by Gasteiger charge is 2.02. The first-order valence-electron chi connectivity index (χ1n) is 3.23. The minimum Gasteiger partial charge on any atom is -0.352 e. The summed E-state index contributed by atoms with van der Waals surface area (Å²) in [5, 5.41) is 0. The van der Waals surface area contributed by atoms with Crippen LogP contribution in [-0.4, -0.2) is 19.4 Å². The van der Waals surface area contributed by atoms with Gasteiger partial charge in [0.15, 0.2) is 6.29 Å². The Labute approximate surface area is 65.7 Å². The van der Waals surface area contributed by atoms with Crippen LogP contribution in [0.2, 0.25) is 0 Å². The predicted molar refractivity (Wildman–Crippen MR) is 38.5 cm³/mol. The molecule has 0 N–H and O–H groups in total. The Hall–Kier alpha value is -0.870. The van der Waals surface area contributed by atoms with Gasteiger partial charge in [0.25, 0.3) is 0 Å². The standard InChI is InChI=1S/C7H12O4/c1-4-5-7(8)11-10-6(2)9-3/h4-6H,1-3H3/b5-4+. The fraction of sp³-hybridized carbons (Fsp3) is 0.571.